The maximum atomic E-state index is 10.8. The third-order valence-electron chi connectivity index (χ3n) is 2.39. The number of rotatable bonds is 5. The Morgan fingerprint density at radius 1 is 1.33 bits per heavy atom. The summed E-state index contributed by atoms with van der Waals surface area (Å²) >= 11 is 0. The molecular weight excluding hydrogens is 236 g/mol. The lowest BCUT2D eigenvalue weighted by molar-refractivity contribution is -0.138. The highest BCUT2D eigenvalue weighted by molar-refractivity contribution is 5.88. The molecule has 1 aromatic carbocycles. The van der Waals surface area contributed by atoms with Crippen LogP contribution in [0, 0.1) is 0 Å². The van der Waals surface area contributed by atoms with E-state index in [1.807, 2.05) is 0 Å². The first kappa shape index (κ1) is 14.1. The molecule has 2 atom stereocenters. The molecule has 1 amide bonds. The van der Waals surface area contributed by atoms with Crippen LogP contribution in [0.25, 0.3) is 0 Å². The van der Waals surface area contributed by atoms with Crippen LogP contribution in [0.1, 0.15) is 25.0 Å². The molecule has 2 unspecified atom stereocenters. The van der Waals surface area contributed by atoms with Crippen LogP contribution < -0.4 is 11.1 Å². The number of benzene rings is 1. The van der Waals surface area contributed by atoms with Crippen molar-refractivity contribution in [3.63, 3.8) is 0 Å². The summed E-state index contributed by atoms with van der Waals surface area (Å²) in [6.07, 6.45) is -1.36. The van der Waals surface area contributed by atoms with Gasteiger partial charge in [-0.1, -0.05) is 12.1 Å². The van der Waals surface area contributed by atoms with Gasteiger partial charge in [-0.3, -0.25) is 9.59 Å². The highest BCUT2D eigenvalue weighted by atomic mass is 16.4. The van der Waals surface area contributed by atoms with E-state index in [-0.39, 0.29) is 12.3 Å². The summed E-state index contributed by atoms with van der Waals surface area (Å²) in [5.74, 6) is -1.25. The number of hydrogen-bond donors (Lipinski definition) is 4. The smallest absolute Gasteiger partial charge is 0.305 e. The third-order valence-corrected chi connectivity index (χ3v) is 2.39. The molecule has 0 aliphatic rings. The molecule has 6 nitrogen and oxygen atoms in total. The average Bonchev–Trinajstić information content (AvgIpc) is 2.27. The molecule has 0 bridgehead atoms. The van der Waals surface area contributed by atoms with Crippen molar-refractivity contribution in [2.75, 3.05) is 5.32 Å². The summed E-state index contributed by atoms with van der Waals surface area (Å²) in [7, 11) is 0. The molecule has 0 saturated heterocycles. The van der Waals surface area contributed by atoms with E-state index in [1.165, 1.54) is 6.92 Å². The lowest BCUT2D eigenvalue weighted by Crippen LogP contribution is -2.30. The summed E-state index contributed by atoms with van der Waals surface area (Å²) < 4.78 is 0. The number of anilines is 1. The van der Waals surface area contributed by atoms with Crippen LogP contribution in [0.5, 0.6) is 0 Å². The molecule has 98 valence electrons. The Balaban J connectivity index is 2.72. The number of amides is 1. The first-order valence-corrected chi connectivity index (χ1v) is 5.43. The summed E-state index contributed by atoms with van der Waals surface area (Å²) in [6, 6.07) is 5.56. The van der Waals surface area contributed by atoms with E-state index in [9.17, 15) is 14.7 Å². The first-order valence-electron chi connectivity index (χ1n) is 5.43. The van der Waals surface area contributed by atoms with Crippen molar-refractivity contribution in [2.24, 2.45) is 5.73 Å². The number of carboxylic acid groups (broad SMARTS) is 1. The monoisotopic (exact) mass is 252 g/mol. The van der Waals surface area contributed by atoms with Crippen LogP contribution in [0.2, 0.25) is 0 Å². The molecule has 0 aliphatic carbocycles. The summed E-state index contributed by atoms with van der Waals surface area (Å²) in [4.78, 5) is 21.3. The number of hydrogen-bond acceptors (Lipinski definition) is 4. The van der Waals surface area contributed by atoms with E-state index < -0.39 is 18.1 Å². The fraction of sp³-hybridized carbons (Fsp3) is 0.333. The molecule has 0 aliphatic heterocycles. The van der Waals surface area contributed by atoms with Crippen molar-refractivity contribution in [2.45, 2.75) is 25.5 Å². The van der Waals surface area contributed by atoms with Crippen LogP contribution >= 0.6 is 0 Å². The Bertz CT molecular complexity index is 430. The van der Waals surface area contributed by atoms with Gasteiger partial charge in [0.15, 0.2) is 0 Å². The minimum absolute atomic E-state index is 0.189. The Labute approximate surface area is 104 Å². The zero-order chi connectivity index (χ0) is 13.7. The van der Waals surface area contributed by atoms with E-state index in [4.69, 9.17) is 10.8 Å². The van der Waals surface area contributed by atoms with Crippen LogP contribution in [-0.4, -0.2) is 28.1 Å². The molecule has 1 rings (SSSR count). The molecule has 5 N–H and O–H groups in total. The molecule has 0 spiro atoms. The number of nitrogens with two attached hydrogens (primary N) is 1. The number of aliphatic hydroxyl groups is 1. The lowest BCUT2D eigenvalue weighted by Gasteiger charge is -2.17. The van der Waals surface area contributed by atoms with Gasteiger partial charge in [0.05, 0.1) is 12.5 Å². The van der Waals surface area contributed by atoms with Crippen molar-refractivity contribution < 1.29 is 19.8 Å². The van der Waals surface area contributed by atoms with E-state index in [0.717, 1.165) is 0 Å². The molecular formula is C12H16N2O4. The highest BCUT2D eigenvalue weighted by Crippen LogP contribution is 2.19. The van der Waals surface area contributed by atoms with Crippen molar-refractivity contribution >= 4 is 17.6 Å². The van der Waals surface area contributed by atoms with Gasteiger partial charge in [-0.15, -0.1) is 0 Å². The molecule has 0 heterocycles. The molecule has 0 aromatic heterocycles. The second-order valence-electron chi connectivity index (χ2n) is 4.01. The van der Waals surface area contributed by atoms with Crippen molar-refractivity contribution in [1.29, 1.82) is 0 Å². The average molecular weight is 252 g/mol. The fourth-order valence-corrected chi connectivity index (χ4v) is 1.53. The largest absolute Gasteiger partial charge is 0.481 e. The van der Waals surface area contributed by atoms with E-state index in [0.29, 0.717) is 11.3 Å². The Hall–Kier alpha value is -1.92. The van der Waals surface area contributed by atoms with Gasteiger partial charge in [0.1, 0.15) is 0 Å². The van der Waals surface area contributed by atoms with Crippen LogP contribution in [0.3, 0.4) is 0 Å². The quantitative estimate of drug-likeness (QED) is 0.609. The Morgan fingerprint density at radius 2 is 1.89 bits per heavy atom. The SMILES string of the molecule is CC(=O)Nc1ccc(C(O)C(N)CC(=O)O)cc1. The number of carboxylic acids is 1. The standard InChI is InChI=1S/C12H16N2O4/c1-7(15)14-9-4-2-8(3-5-9)12(18)10(13)6-11(16)17/h2-5,10,12,18H,6,13H2,1H3,(H,14,15)(H,16,17). The van der Waals surface area contributed by atoms with E-state index in [1.54, 1.807) is 24.3 Å². The van der Waals surface area contributed by atoms with Crippen LogP contribution in [0.15, 0.2) is 24.3 Å². The van der Waals surface area contributed by atoms with Gasteiger partial charge in [-0.2, -0.15) is 0 Å². The predicted octanol–water partition coefficient (Wildman–Crippen LogP) is 0.480. The predicted molar refractivity (Wildman–Crippen MR) is 65.9 cm³/mol. The molecule has 0 fully saturated rings. The zero-order valence-electron chi connectivity index (χ0n) is 9.96. The molecule has 1 aromatic rings. The second-order valence-corrected chi connectivity index (χ2v) is 4.01. The fourth-order valence-electron chi connectivity index (χ4n) is 1.53. The first-order chi connectivity index (χ1) is 8.40. The Morgan fingerprint density at radius 3 is 2.33 bits per heavy atom. The summed E-state index contributed by atoms with van der Waals surface area (Å²) in [6.45, 7) is 1.39. The van der Waals surface area contributed by atoms with E-state index >= 15 is 0 Å². The van der Waals surface area contributed by atoms with Crippen LogP contribution in [-0.2, 0) is 9.59 Å². The normalized spacial score (nSPS) is 13.7. The minimum Gasteiger partial charge on any atom is -0.481 e. The van der Waals surface area contributed by atoms with Gasteiger partial charge in [-0.05, 0) is 17.7 Å². The van der Waals surface area contributed by atoms with Crippen molar-refractivity contribution in [3.8, 4) is 0 Å². The van der Waals surface area contributed by atoms with Crippen molar-refractivity contribution in [3.05, 3.63) is 29.8 Å². The lowest BCUT2D eigenvalue weighted by atomic mass is 10.0. The van der Waals surface area contributed by atoms with E-state index in [2.05, 4.69) is 5.32 Å². The van der Waals surface area contributed by atoms with Gasteiger partial charge in [-0.25, -0.2) is 0 Å². The molecule has 6 heteroatoms. The molecule has 18 heavy (non-hydrogen) atoms. The second kappa shape index (κ2) is 6.13. The number of aliphatic hydroxyl groups excluding tert-OH is 1. The number of carbonyl (C=O) groups excluding carboxylic acids is 1. The van der Waals surface area contributed by atoms with Gasteiger partial charge in [0.2, 0.25) is 5.91 Å². The van der Waals surface area contributed by atoms with Gasteiger partial charge in [0.25, 0.3) is 0 Å². The Kier molecular flexibility index (Phi) is 4.82. The maximum Gasteiger partial charge on any atom is 0.305 e. The maximum absolute atomic E-state index is 10.8. The molecule has 0 radical (unpaired) electrons. The van der Waals surface area contributed by atoms with Gasteiger partial charge < -0.3 is 21.3 Å². The number of aliphatic carboxylic acids is 1. The van der Waals surface area contributed by atoms with Crippen LogP contribution in [0.4, 0.5) is 5.69 Å². The summed E-state index contributed by atoms with van der Waals surface area (Å²) in [5.41, 5.74) is 6.68. The third kappa shape index (κ3) is 4.15. The number of carbonyl (C=O) groups is 2. The molecule has 0 saturated carbocycles. The number of nitrogens with one attached hydrogen (secondary N) is 1. The van der Waals surface area contributed by atoms with Gasteiger partial charge in [0, 0.05) is 18.7 Å². The topological polar surface area (TPSA) is 113 Å². The minimum atomic E-state index is -1.06. The van der Waals surface area contributed by atoms with Crippen molar-refractivity contribution in [1.82, 2.24) is 0 Å². The summed E-state index contributed by atoms with van der Waals surface area (Å²) in [5, 5.41) is 21.0. The highest BCUT2D eigenvalue weighted by Gasteiger charge is 2.19. The van der Waals surface area contributed by atoms with Gasteiger partial charge >= 0.3 is 5.97 Å². The zero-order valence-corrected chi connectivity index (χ0v) is 9.96.